The molecule has 168 valence electrons. The standard InChI is InChI=1S/C22H28FN3O4S/c1-3-30-20-8-10-21(11-9-20)31(28,29)26-14-12-25(13-15-26)16-22(27)24-17(2)18-4-6-19(23)7-5-18/h4-11,17H,3,12-16H2,1-2H3,(H,24,27). The molecule has 0 spiro atoms. The highest BCUT2D eigenvalue weighted by Gasteiger charge is 2.29. The summed E-state index contributed by atoms with van der Waals surface area (Å²) in [4.78, 5) is 14.5. The SMILES string of the molecule is CCOc1ccc(S(=O)(=O)N2CCN(CC(=O)NC(C)c3ccc(F)cc3)CC2)cc1. The number of benzene rings is 2. The van der Waals surface area contributed by atoms with Gasteiger partial charge in [-0.25, -0.2) is 12.8 Å². The maximum atomic E-state index is 13.0. The van der Waals surface area contributed by atoms with Gasteiger partial charge in [0.1, 0.15) is 11.6 Å². The summed E-state index contributed by atoms with van der Waals surface area (Å²) in [6, 6.07) is 12.2. The van der Waals surface area contributed by atoms with Gasteiger partial charge in [-0.15, -0.1) is 0 Å². The minimum absolute atomic E-state index is 0.153. The topological polar surface area (TPSA) is 79.0 Å². The number of nitrogens with one attached hydrogen (secondary N) is 1. The number of hydrogen-bond acceptors (Lipinski definition) is 5. The first-order valence-electron chi connectivity index (χ1n) is 10.3. The quantitative estimate of drug-likeness (QED) is 0.670. The Hall–Kier alpha value is -2.49. The Morgan fingerprint density at radius 3 is 2.26 bits per heavy atom. The molecule has 0 saturated carbocycles. The lowest BCUT2D eigenvalue weighted by Crippen LogP contribution is -2.51. The largest absolute Gasteiger partial charge is 0.494 e. The molecule has 1 amide bonds. The van der Waals surface area contributed by atoms with Crippen LogP contribution in [0.15, 0.2) is 53.4 Å². The Kier molecular flexibility index (Phi) is 7.64. The van der Waals surface area contributed by atoms with Gasteiger partial charge in [-0.1, -0.05) is 12.1 Å². The third kappa shape index (κ3) is 6.03. The second-order valence-corrected chi connectivity index (χ2v) is 9.36. The van der Waals surface area contributed by atoms with Crippen molar-refractivity contribution >= 4 is 15.9 Å². The summed E-state index contributed by atoms with van der Waals surface area (Å²) in [5.74, 6) is 0.159. The van der Waals surface area contributed by atoms with Gasteiger partial charge in [0.05, 0.1) is 24.1 Å². The first-order chi connectivity index (χ1) is 14.8. The van der Waals surface area contributed by atoms with E-state index in [0.29, 0.717) is 38.5 Å². The first-order valence-corrected chi connectivity index (χ1v) is 11.7. The highest BCUT2D eigenvalue weighted by atomic mass is 32.2. The lowest BCUT2D eigenvalue weighted by Gasteiger charge is -2.33. The minimum Gasteiger partial charge on any atom is -0.494 e. The maximum Gasteiger partial charge on any atom is 0.243 e. The van der Waals surface area contributed by atoms with Crippen molar-refractivity contribution in [2.75, 3.05) is 39.3 Å². The van der Waals surface area contributed by atoms with E-state index in [9.17, 15) is 17.6 Å². The van der Waals surface area contributed by atoms with Gasteiger partial charge in [0, 0.05) is 26.2 Å². The average Bonchev–Trinajstić information content (AvgIpc) is 2.75. The molecule has 1 unspecified atom stereocenters. The van der Waals surface area contributed by atoms with Gasteiger partial charge in [0.2, 0.25) is 15.9 Å². The number of rotatable bonds is 8. The Bertz CT molecular complexity index is 973. The van der Waals surface area contributed by atoms with Crippen molar-refractivity contribution in [1.29, 1.82) is 0 Å². The number of amides is 1. The van der Waals surface area contributed by atoms with E-state index in [-0.39, 0.29) is 29.2 Å². The van der Waals surface area contributed by atoms with Crippen LogP contribution in [0.2, 0.25) is 0 Å². The highest BCUT2D eigenvalue weighted by molar-refractivity contribution is 7.89. The van der Waals surface area contributed by atoms with Gasteiger partial charge in [-0.05, 0) is 55.8 Å². The van der Waals surface area contributed by atoms with Crippen molar-refractivity contribution in [1.82, 2.24) is 14.5 Å². The van der Waals surface area contributed by atoms with Crippen LogP contribution in [0, 0.1) is 5.82 Å². The number of halogens is 1. The molecule has 1 aliphatic heterocycles. The van der Waals surface area contributed by atoms with Crippen LogP contribution in [0.4, 0.5) is 4.39 Å². The molecule has 0 radical (unpaired) electrons. The number of ether oxygens (including phenoxy) is 1. The number of sulfonamides is 1. The summed E-state index contributed by atoms with van der Waals surface area (Å²) in [6.45, 7) is 5.98. The Labute approximate surface area is 182 Å². The van der Waals surface area contributed by atoms with Crippen LogP contribution >= 0.6 is 0 Å². The summed E-state index contributed by atoms with van der Waals surface area (Å²) in [7, 11) is -3.58. The predicted octanol–water partition coefficient (Wildman–Crippen LogP) is 2.41. The molecule has 9 heteroatoms. The summed E-state index contributed by atoms with van der Waals surface area (Å²) in [6.07, 6.45) is 0. The van der Waals surface area contributed by atoms with Crippen molar-refractivity contribution in [3.8, 4) is 5.75 Å². The van der Waals surface area contributed by atoms with Gasteiger partial charge in [-0.2, -0.15) is 4.31 Å². The number of nitrogens with zero attached hydrogens (tertiary/aromatic N) is 2. The van der Waals surface area contributed by atoms with Gasteiger partial charge in [0.25, 0.3) is 0 Å². The second-order valence-electron chi connectivity index (χ2n) is 7.43. The molecule has 1 fully saturated rings. The van der Waals surface area contributed by atoms with Crippen LogP contribution in [-0.4, -0.2) is 62.9 Å². The molecule has 3 rings (SSSR count). The Balaban J connectivity index is 1.50. The molecule has 2 aromatic carbocycles. The van der Waals surface area contributed by atoms with E-state index >= 15 is 0 Å². The summed E-state index contributed by atoms with van der Waals surface area (Å²) in [5, 5.41) is 2.90. The molecule has 1 saturated heterocycles. The molecule has 1 aliphatic rings. The lowest BCUT2D eigenvalue weighted by atomic mass is 10.1. The molecule has 7 nitrogen and oxygen atoms in total. The van der Waals surface area contributed by atoms with E-state index < -0.39 is 10.0 Å². The fourth-order valence-electron chi connectivity index (χ4n) is 3.48. The van der Waals surface area contributed by atoms with E-state index in [1.54, 1.807) is 36.4 Å². The molecule has 1 N–H and O–H groups in total. The molecule has 0 aliphatic carbocycles. The smallest absolute Gasteiger partial charge is 0.243 e. The molecule has 1 heterocycles. The van der Waals surface area contributed by atoms with Crippen LogP contribution in [0.1, 0.15) is 25.5 Å². The van der Waals surface area contributed by atoms with Crippen molar-refractivity contribution in [3.05, 3.63) is 59.9 Å². The fraction of sp³-hybridized carbons (Fsp3) is 0.409. The molecular formula is C22H28FN3O4S. The Morgan fingerprint density at radius 2 is 1.68 bits per heavy atom. The number of hydrogen-bond donors (Lipinski definition) is 1. The molecule has 0 aromatic heterocycles. The van der Waals surface area contributed by atoms with Crippen LogP contribution in [0.25, 0.3) is 0 Å². The summed E-state index contributed by atoms with van der Waals surface area (Å²) < 4.78 is 45.6. The molecule has 1 atom stereocenters. The van der Waals surface area contributed by atoms with Crippen LogP contribution in [0.5, 0.6) is 5.75 Å². The van der Waals surface area contributed by atoms with E-state index in [4.69, 9.17) is 4.74 Å². The van der Waals surface area contributed by atoms with Crippen molar-refractivity contribution in [3.63, 3.8) is 0 Å². The molecule has 31 heavy (non-hydrogen) atoms. The fourth-order valence-corrected chi connectivity index (χ4v) is 4.90. The molecular weight excluding hydrogens is 421 g/mol. The van der Waals surface area contributed by atoms with E-state index in [2.05, 4.69) is 5.32 Å². The molecule has 2 aromatic rings. The zero-order chi connectivity index (χ0) is 22.4. The Morgan fingerprint density at radius 1 is 1.06 bits per heavy atom. The molecule has 0 bridgehead atoms. The van der Waals surface area contributed by atoms with E-state index in [1.807, 2.05) is 18.7 Å². The average molecular weight is 450 g/mol. The first kappa shape index (κ1) is 23.2. The van der Waals surface area contributed by atoms with Crippen LogP contribution in [0.3, 0.4) is 0 Å². The van der Waals surface area contributed by atoms with Crippen LogP contribution < -0.4 is 10.1 Å². The van der Waals surface area contributed by atoms with Gasteiger partial charge < -0.3 is 10.1 Å². The predicted molar refractivity (Wildman–Crippen MR) is 116 cm³/mol. The normalized spacial score (nSPS) is 16.6. The summed E-state index contributed by atoms with van der Waals surface area (Å²) >= 11 is 0. The third-order valence-electron chi connectivity index (χ3n) is 5.22. The minimum atomic E-state index is -3.58. The van der Waals surface area contributed by atoms with Crippen molar-refractivity contribution < 1.29 is 22.3 Å². The van der Waals surface area contributed by atoms with Crippen molar-refractivity contribution in [2.45, 2.75) is 24.8 Å². The highest BCUT2D eigenvalue weighted by Crippen LogP contribution is 2.21. The zero-order valence-corrected chi connectivity index (χ0v) is 18.6. The lowest BCUT2D eigenvalue weighted by molar-refractivity contribution is -0.123. The van der Waals surface area contributed by atoms with Gasteiger partial charge in [-0.3, -0.25) is 9.69 Å². The number of carbonyl (C=O) groups is 1. The second kappa shape index (κ2) is 10.2. The van der Waals surface area contributed by atoms with E-state index in [1.165, 1.54) is 16.4 Å². The summed E-state index contributed by atoms with van der Waals surface area (Å²) in [5.41, 5.74) is 0.820. The monoisotopic (exact) mass is 449 g/mol. The van der Waals surface area contributed by atoms with Crippen molar-refractivity contribution in [2.24, 2.45) is 0 Å². The third-order valence-corrected chi connectivity index (χ3v) is 7.13. The van der Waals surface area contributed by atoms with E-state index in [0.717, 1.165) is 5.56 Å². The van der Waals surface area contributed by atoms with Gasteiger partial charge in [0.15, 0.2) is 0 Å². The van der Waals surface area contributed by atoms with Gasteiger partial charge >= 0.3 is 0 Å². The maximum absolute atomic E-state index is 13.0. The number of carbonyl (C=O) groups excluding carboxylic acids is 1. The number of piperazine rings is 1. The zero-order valence-electron chi connectivity index (χ0n) is 17.8. The van der Waals surface area contributed by atoms with Crippen LogP contribution in [-0.2, 0) is 14.8 Å².